The van der Waals surface area contributed by atoms with E-state index in [-0.39, 0.29) is 5.56 Å². The summed E-state index contributed by atoms with van der Waals surface area (Å²) in [5.41, 5.74) is -5.31. The summed E-state index contributed by atoms with van der Waals surface area (Å²) in [4.78, 5) is 62.3. The molecule has 4 amide bonds. The molecule has 1 aromatic carbocycles. The molecule has 0 heterocycles. The zero-order valence-corrected chi connectivity index (χ0v) is 24.2. The SMILES string of the molecule is CC(C)(C)OOC(C)(C)NC(=O)C(C)(C)NC(=O)C(C)(C)NC(=O)C(C)(C)NC(=O)c1ccc(C#N)cc1. The largest absolute Gasteiger partial charge is 0.340 e. The summed E-state index contributed by atoms with van der Waals surface area (Å²) in [6.07, 6.45) is 0. The summed E-state index contributed by atoms with van der Waals surface area (Å²) >= 11 is 0. The number of hydrogen-bond acceptors (Lipinski definition) is 7. The zero-order valence-electron chi connectivity index (χ0n) is 24.2. The van der Waals surface area contributed by atoms with Crippen LogP contribution in [0.1, 0.15) is 92.1 Å². The predicted octanol–water partition coefficient (Wildman–Crippen LogP) is 2.46. The Bertz CT molecular complexity index is 1090. The summed E-state index contributed by atoms with van der Waals surface area (Å²) < 4.78 is 0. The molecule has 0 atom stereocenters. The minimum atomic E-state index is -1.44. The number of nitriles is 1. The number of amides is 4. The van der Waals surface area contributed by atoms with Crippen molar-refractivity contribution in [3.63, 3.8) is 0 Å². The molecule has 0 saturated heterocycles. The van der Waals surface area contributed by atoms with Gasteiger partial charge in [-0.15, -0.1) is 0 Å². The highest BCUT2D eigenvalue weighted by molar-refractivity contribution is 6.01. The van der Waals surface area contributed by atoms with Crippen molar-refractivity contribution < 1.29 is 29.0 Å². The highest BCUT2D eigenvalue weighted by Gasteiger charge is 2.41. The van der Waals surface area contributed by atoms with Crippen LogP contribution in [0.15, 0.2) is 24.3 Å². The average Bonchev–Trinajstić information content (AvgIpc) is 2.76. The third-order valence-electron chi connectivity index (χ3n) is 5.17. The molecule has 0 aliphatic rings. The van der Waals surface area contributed by atoms with Crippen molar-refractivity contribution in [2.75, 3.05) is 0 Å². The fourth-order valence-electron chi connectivity index (χ4n) is 2.78. The van der Waals surface area contributed by atoms with E-state index >= 15 is 0 Å². The minimum Gasteiger partial charge on any atom is -0.340 e. The van der Waals surface area contributed by atoms with Gasteiger partial charge in [0.15, 0.2) is 5.72 Å². The molecule has 0 aliphatic carbocycles. The molecular weight excluding hydrogens is 490 g/mol. The summed E-state index contributed by atoms with van der Waals surface area (Å²) in [6, 6.07) is 7.93. The van der Waals surface area contributed by atoms with E-state index in [9.17, 15) is 19.2 Å². The fraction of sp³-hybridized carbons (Fsp3) is 0.593. The Morgan fingerprint density at radius 2 is 1.03 bits per heavy atom. The van der Waals surface area contributed by atoms with E-state index in [0.717, 1.165) is 0 Å². The van der Waals surface area contributed by atoms with Crippen molar-refractivity contribution in [3.8, 4) is 6.07 Å². The van der Waals surface area contributed by atoms with Gasteiger partial charge in [-0.05, 0) is 100 Å². The van der Waals surface area contributed by atoms with Crippen LogP contribution < -0.4 is 21.3 Å². The second kappa shape index (κ2) is 11.5. The Hall–Kier alpha value is -3.49. The molecule has 38 heavy (non-hydrogen) atoms. The molecule has 0 radical (unpaired) electrons. The Morgan fingerprint density at radius 3 is 1.42 bits per heavy atom. The van der Waals surface area contributed by atoms with Crippen LogP contribution in [-0.2, 0) is 24.2 Å². The predicted molar refractivity (Wildman–Crippen MR) is 141 cm³/mol. The van der Waals surface area contributed by atoms with Gasteiger partial charge in [-0.2, -0.15) is 5.26 Å². The van der Waals surface area contributed by atoms with Crippen LogP contribution in [0.25, 0.3) is 0 Å². The number of nitrogens with one attached hydrogen (secondary N) is 4. The summed E-state index contributed by atoms with van der Waals surface area (Å²) in [5.74, 6) is -2.29. The smallest absolute Gasteiger partial charge is 0.252 e. The van der Waals surface area contributed by atoms with E-state index in [2.05, 4.69) is 21.3 Å². The van der Waals surface area contributed by atoms with Crippen LogP contribution in [0.2, 0.25) is 0 Å². The lowest BCUT2D eigenvalue weighted by molar-refractivity contribution is -0.401. The lowest BCUT2D eigenvalue weighted by Crippen LogP contribution is -2.67. The fourth-order valence-corrected chi connectivity index (χ4v) is 2.78. The molecule has 1 rings (SSSR count). The topological polar surface area (TPSA) is 159 Å². The molecule has 0 aromatic heterocycles. The molecule has 11 nitrogen and oxygen atoms in total. The Labute approximate surface area is 224 Å². The van der Waals surface area contributed by atoms with Crippen LogP contribution in [-0.4, -0.2) is 51.6 Å². The van der Waals surface area contributed by atoms with Gasteiger partial charge >= 0.3 is 0 Å². The number of carbonyl (C=O) groups excluding carboxylic acids is 4. The number of hydrogen-bond donors (Lipinski definition) is 4. The van der Waals surface area contributed by atoms with Crippen molar-refractivity contribution in [1.29, 1.82) is 5.26 Å². The van der Waals surface area contributed by atoms with Crippen molar-refractivity contribution in [2.45, 2.75) is 104 Å². The minimum absolute atomic E-state index is 0.273. The second-order valence-electron chi connectivity index (χ2n) is 12.2. The van der Waals surface area contributed by atoms with Gasteiger partial charge in [-0.1, -0.05) is 0 Å². The van der Waals surface area contributed by atoms with Crippen molar-refractivity contribution in [1.82, 2.24) is 21.3 Å². The van der Waals surface area contributed by atoms with Crippen molar-refractivity contribution >= 4 is 23.6 Å². The highest BCUT2D eigenvalue weighted by atomic mass is 17.2. The van der Waals surface area contributed by atoms with Gasteiger partial charge in [-0.25, -0.2) is 9.78 Å². The van der Waals surface area contributed by atoms with Gasteiger partial charge in [0.25, 0.3) is 5.91 Å². The van der Waals surface area contributed by atoms with E-state index in [4.69, 9.17) is 15.0 Å². The molecule has 0 fully saturated rings. The molecule has 4 N–H and O–H groups in total. The molecule has 0 aliphatic heterocycles. The van der Waals surface area contributed by atoms with Crippen LogP contribution in [0.4, 0.5) is 0 Å². The van der Waals surface area contributed by atoms with Gasteiger partial charge in [-0.3, -0.25) is 19.2 Å². The average molecular weight is 532 g/mol. The molecule has 11 heteroatoms. The molecule has 0 saturated carbocycles. The van der Waals surface area contributed by atoms with Gasteiger partial charge in [0.2, 0.25) is 17.7 Å². The maximum Gasteiger partial charge on any atom is 0.252 e. The quantitative estimate of drug-likeness (QED) is 0.205. The number of nitrogens with zero attached hydrogens (tertiary/aromatic N) is 1. The Kier molecular flexibility index (Phi) is 9.84. The molecule has 1 aromatic rings. The van der Waals surface area contributed by atoms with Gasteiger partial charge in [0, 0.05) is 5.56 Å². The Balaban J connectivity index is 2.85. The number of carbonyl (C=O) groups is 4. The number of rotatable bonds is 10. The standard InChI is InChI=1S/C27H41N5O6/c1-23(2,3)37-38-27(10,11)32-22(36)26(8,9)31-21(35)25(6,7)30-20(34)24(4,5)29-19(33)18-14-12-17(16-28)13-15-18/h12-15H,1-11H3,(H,29,33)(H,30,34)(H,31,35)(H,32,36). The van der Waals surface area contributed by atoms with Gasteiger partial charge in [0.1, 0.15) is 16.6 Å². The second-order valence-corrected chi connectivity index (χ2v) is 12.2. The van der Waals surface area contributed by atoms with Crippen LogP contribution in [0.3, 0.4) is 0 Å². The van der Waals surface area contributed by atoms with Crippen molar-refractivity contribution in [3.05, 3.63) is 35.4 Å². The third-order valence-corrected chi connectivity index (χ3v) is 5.17. The van der Waals surface area contributed by atoms with E-state index in [1.54, 1.807) is 34.6 Å². The summed E-state index contributed by atoms with van der Waals surface area (Å²) in [5, 5.41) is 19.5. The summed E-state index contributed by atoms with van der Waals surface area (Å²) in [6.45, 7) is 17.6. The van der Waals surface area contributed by atoms with Crippen LogP contribution in [0.5, 0.6) is 0 Å². The van der Waals surface area contributed by atoms with E-state index < -0.39 is 51.6 Å². The maximum atomic E-state index is 13.1. The van der Waals surface area contributed by atoms with E-state index in [0.29, 0.717) is 5.56 Å². The number of benzene rings is 1. The van der Waals surface area contributed by atoms with Gasteiger partial charge in [0.05, 0.1) is 17.2 Å². The maximum absolute atomic E-state index is 13.1. The zero-order chi connectivity index (χ0) is 29.7. The molecule has 0 unspecified atom stereocenters. The third kappa shape index (κ3) is 9.76. The molecule has 0 spiro atoms. The summed E-state index contributed by atoms with van der Waals surface area (Å²) in [7, 11) is 0. The van der Waals surface area contributed by atoms with Crippen LogP contribution in [0, 0.1) is 11.3 Å². The first-order chi connectivity index (χ1) is 17.0. The Morgan fingerprint density at radius 1 is 0.632 bits per heavy atom. The van der Waals surface area contributed by atoms with E-state index in [1.165, 1.54) is 65.8 Å². The molecule has 0 bridgehead atoms. The lowest BCUT2D eigenvalue weighted by atomic mass is 9.96. The first-order valence-electron chi connectivity index (χ1n) is 12.2. The normalized spacial score (nSPS) is 12.7. The van der Waals surface area contributed by atoms with Crippen LogP contribution >= 0.6 is 0 Å². The molecular formula is C27H41N5O6. The van der Waals surface area contributed by atoms with Gasteiger partial charge < -0.3 is 21.3 Å². The van der Waals surface area contributed by atoms with Crippen molar-refractivity contribution in [2.24, 2.45) is 0 Å². The van der Waals surface area contributed by atoms with E-state index in [1.807, 2.05) is 6.07 Å². The first kappa shape index (κ1) is 32.5. The first-order valence-corrected chi connectivity index (χ1v) is 12.2. The molecule has 210 valence electrons. The highest BCUT2D eigenvalue weighted by Crippen LogP contribution is 2.17. The monoisotopic (exact) mass is 531 g/mol. The lowest BCUT2D eigenvalue weighted by Gasteiger charge is -2.36.